The Labute approximate surface area is 122 Å². The van der Waals surface area contributed by atoms with Crippen molar-refractivity contribution in [1.29, 1.82) is 0 Å². The van der Waals surface area contributed by atoms with Gasteiger partial charge >= 0.3 is 0 Å². The Morgan fingerprint density at radius 2 is 2.05 bits per heavy atom. The molecule has 0 radical (unpaired) electrons. The topological polar surface area (TPSA) is 43.1 Å². The van der Waals surface area contributed by atoms with Crippen molar-refractivity contribution in [2.75, 3.05) is 0 Å². The molecule has 2 aromatic rings. The largest absolute Gasteiger partial charge is 0.326 e. The van der Waals surface area contributed by atoms with Crippen LogP contribution >= 0.6 is 23.4 Å². The quantitative estimate of drug-likeness (QED) is 0.864. The van der Waals surface area contributed by atoms with Crippen LogP contribution in [0, 0.1) is 6.92 Å². The summed E-state index contributed by atoms with van der Waals surface area (Å²) >= 11 is 7.78. The number of benzene rings is 2. The Bertz CT molecular complexity index is 613. The van der Waals surface area contributed by atoms with E-state index in [1.165, 1.54) is 11.8 Å². The van der Waals surface area contributed by atoms with E-state index in [-0.39, 0.29) is 0 Å². The summed E-state index contributed by atoms with van der Waals surface area (Å²) in [4.78, 5) is 12.8. The third-order valence-electron chi connectivity index (χ3n) is 2.74. The van der Waals surface area contributed by atoms with E-state index in [0.29, 0.717) is 17.1 Å². The third kappa shape index (κ3) is 3.18. The highest BCUT2D eigenvalue weighted by Crippen LogP contribution is 2.37. The predicted octanol–water partition coefficient (Wildman–Crippen LogP) is 4.07. The highest BCUT2D eigenvalue weighted by molar-refractivity contribution is 7.99. The molecule has 0 heterocycles. The number of aryl methyl sites for hydroxylation is 1. The van der Waals surface area contributed by atoms with Crippen LogP contribution in [0.2, 0.25) is 5.02 Å². The van der Waals surface area contributed by atoms with Crippen molar-refractivity contribution in [3.05, 3.63) is 58.1 Å². The minimum absolute atomic E-state index is 0.424. The fourth-order valence-electron chi connectivity index (χ4n) is 1.85. The van der Waals surface area contributed by atoms with Gasteiger partial charge in [-0.3, -0.25) is 4.79 Å². The Balaban J connectivity index is 2.46. The normalized spacial score (nSPS) is 10.5. The number of aldehydes is 1. The highest BCUT2D eigenvalue weighted by atomic mass is 35.5. The van der Waals surface area contributed by atoms with Gasteiger partial charge in [-0.25, -0.2) is 0 Å². The number of nitrogens with two attached hydrogens (primary N) is 1. The van der Waals surface area contributed by atoms with Crippen LogP contribution in [0.5, 0.6) is 0 Å². The zero-order valence-electron chi connectivity index (χ0n) is 10.5. The van der Waals surface area contributed by atoms with Gasteiger partial charge in [0.1, 0.15) is 0 Å². The van der Waals surface area contributed by atoms with Crippen LogP contribution in [0.3, 0.4) is 0 Å². The molecule has 0 bridgehead atoms. The van der Waals surface area contributed by atoms with Crippen molar-refractivity contribution in [2.45, 2.75) is 23.3 Å². The van der Waals surface area contributed by atoms with E-state index in [0.717, 1.165) is 27.2 Å². The van der Waals surface area contributed by atoms with E-state index in [1.54, 1.807) is 6.07 Å². The molecule has 2 nitrogen and oxygen atoms in total. The van der Waals surface area contributed by atoms with Gasteiger partial charge in [-0.15, -0.1) is 0 Å². The minimum atomic E-state index is 0.424. The molecule has 0 saturated carbocycles. The van der Waals surface area contributed by atoms with Crippen LogP contribution in [0.1, 0.15) is 21.5 Å². The summed E-state index contributed by atoms with van der Waals surface area (Å²) in [5.41, 5.74) is 8.51. The molecule has 0 spiro atoms. The SMILES string of the molecule is Cc1cc(Cl)c(Sc2ccccc2C=O)c(CN)c1. The lowest BCUT2D eigenvalue weighted by Crippen LogP contribution is -2.00. The monoisotopic (exact) mass is 291 g/mol. The van der Waals surface area contributed by atoms with Crippen LogP contribution in [0.4, 0.5) is 0 Å². The summed E-state index contributed by atoms with van der Waals surface area (Å²) in [5, 5.41) is 0.672. The minimum Gasteiger partial charge on any atom is -0.326 e. The summed E-state index contributed by atoms with van der Waals surface area (Å²) < 4.78 is 0. The molecular weight excluding hydrogens is 278 g/mol. The Hall–Kier alpha value is -1.29. The lowest BCUT2D eigenvalue weighted by atomic mass is 10.1. The molecule has 2 rings (SSSR count). The predicted molar refractivity (Wildman–Crippen MR) is 80.0 cm³/mol. The molecular formula is C15H14ClNOS. The molecule has 19 heavy (non-hydrogen) atoms. The first-order valence-electron chi connectivity index (χ1n) is 5.87. The first-order valence-corrected chi connectivity index (χ1v) is 7.06. The Kier molecular flexibility index (Phi) is 4.64. The lowest BCUT2D eigenvalue weighted by Gasteiger charge is -2.12. The molecule has 98 valence electrons. The second-order valence-corrected chi connectivity index (χ2v) is 5.66. The van der Waals surface area contributed by atoms with Gasteiger partial charge in [0.25, 0.3) is 0 Å². The second kappa shape index (κ2) is 6.24. The van der Waals surface area contributed by atoms with Gasteiger partial charge in [-0.05, 0) is 30.2 Å². The van der Waals surface area contributed by atoms with Crippen molar-refractivity contribution >= 4 is 29.6 Å². The first kappa shape index (κ1) is 14.1. The van der Waals surface area contributed by atoms with E-state index < -0.39 is 0 Å². The van der Waals surface area contributed by atoms with E-state index in [9.17, 15) is 4.79 Å². The molecule has 0 aliphatic carbocycles. The molecule has 0 saturated heterocycles. The molecule has 0 aliphatic heterocycles. The lowest BCUT2D eigenvalue weighted by molar-refractivity contribution is 0.112. The number of hydrogen-bond acceptors (Lipinski definition) is 3. The number of carbonyl (C=O) groups is 1. The smallest absolute Gasteiger partial charge is 0.151 e. The molecule has 2 N–H and O–H groups in total. The van der Waals surface area contributed by atoms with E-state index in [1.807, 2.05) is 37.3 Å². The summed E-state index contributed by atoms with van der Waals surface area (Å²) in [6.07, 6.45) is 0.854. The third-order valence-corrected chi connectivity index (χ3v) is 4.43. The van der Waals surface area contributed by atoms with Crippen molar-refractivity contribution in [1.82, 2.24) is 0 Å². The van der Waals surface area contributed by atoms with Crippen LogP contribution in [-0.4, -0.2) is 6.29 Å². The number of carbonyl (C=O) groups excluding carboxylic acids is 1. The molecule has 4 heteroatoms. The van der Waals surface area contributed by atoms with E-state index in [4.69, 9.17) is 17.3 Å². The average molecular weight is 292 g/mol. The fraction of sp³-hybridized carbons (Fsp3) is 0.133. The molecule has 0 unspecified atom stereocenters. The molecule has 0 amide bonds. The number of halogens is 1. The standard InChI is InChI=1S/C15H14ClNOS/c1-10-6-12(8-17)15(13(16)7-10)19-14-5-3-2-4-11(14)9-18/h2-7,9H,8,17H2,1H3. The van der Waals surface area contributed by atoms with Crippen LogP contribution in [0.25, 0.3) is 0 Å². The first-order chi connectivity index (χ1) is 9.15. The van der Waals surface area contributed by atoms with E-state index >= 15 is 0 Å². The summed E-state index contributed by atoms with van der Waals surface area (Å²) in [5.74, 6) is 0. The van der Waals surface area contributed by atoms with Crippen molar-refractivity contribution in [3.63, 3.8) is 0 Å². The maximum absolute atomic E-state index is 11.0. The van der Waals surface area contributed by atoms with Crippen molar-refractivity contribution in [2.24, 2.45) is 5.73 Å². The van der Waals surface area contributed by atoms with Crippen molar-refractivity contribution < 1.29 is 4.79 Å². The zero-order chi connectivity index (χ0) is 13.8. The highest BCUT2D eigenvalue weighted by Gasteiger charge is 2.11. The second-order valence-electron chi connectivity index (χ2n) is 4.20. The molecule has 0 aromatic heterocycles. The molecule has 0 fully saturated rings. The van der Waals surface area contributed by atoms with Gasteiger partial charge in [0, 0.05) is 21.9 Å². The number of rotatable bonds is 4. The van der Waals surface area contributed by atoms with Crippen LogP contribution in [0.15, 0.2) is 46.2 Å². The van der Waals surface area contributed by atoms with Gasteiger partial charge in [0.05, 0.1) is 5.02 Å². The molecule has 0 aliphatic rings. The zero-order valence-corrected chi connectivity index (χ0v) is 12.1. The summed E-state index contributed by atoms with van der Waals surface area (Å²) in [7, 11) is 0. The Morgan fingerprint density at radius 3 is 2.74 bits per heavy atom. The van der Waals surface area contributed by atoms with Crippen molar-refractivity contribution in [3.8, 4) is 0 Å². The average Bonchev–Trinajstić information content (AvgIpc) is 2.42. The summed E-state index contributed by atoms with van der Waals surface area (Å²) in [6.45, 7) is 2.41. The van der Waals surface area contributed by atoms with Gasteiger partial charge < -0.3 is 5.73 Å². The maximum atomic E-state index is 11.0. The number of hydrogen-bond donors (Lipinski definition) is 1. The van der Waals surface area contributed by atoms with Gasteiger partial charge in [-0.1, -0.05) is 47.6 Å². The van der Waals surface area contributed by atoms with Crippen LogP contribution < -0.4 is 5.73 Å². The van der Waals surface area contributed by atoms with Gasteiger partial charge in [0.15, 0.2) is 6.29 Å². The van der Waals surface area contributed by atoms with Gasteiger partial charge in [0.2, 0.25) is 0 Å². The van der Waals surface area contributed by atoms with E-state index in [2.05, 4.69) is 0 Å². The Morgan fingerprint density at radius 1 is 1.32 bits per heavy atom. The maximum Gasteiger partial charge on any atom is 0.151 e. The summed E-state index contributed by atoms with van der Waals surface area (Å²) in [6, 6.07) is 11.4. The van der Waals surface area contributed by atoms with Crippen LogP contribution in [-0.2, 0) is 6.54 Å². The molecule has 2 aromatic carbocycles. The molecule has 0 atom stereocenters. The van der Waals surface area contributed by atoms with Gasteiger partial charge in [-0.2, -0.15) is 0 Å². The fourth-order valence-corrected chi connectivity index (χ4v) is 3.29.